The number of nitrogens with one attached hydrogen (secondary N) is 2. The first kappa shape index (κ1) is 17.5. The molecule has 2 amide bonds. The molecule has 3 N–H and O–H groups in total. The zero-order valence-corrected chi connectivity index (χ0v) is 14.6. The summed E-state index contributed by atoms with van der Waals surface area (Å²) >= 11 is 0. The Morgan fingerprint density at radius 3 is 2.84 bits per heavy atom. The summed E-state index contributed by atoms with van der Waals surface area (Å²) in [5, 5.41) is 13.1. The monoisotopic (exact) mass is 342 g/mol. The van der Waals surface area contributed by atoms with Gasteiger partial charge in [0.25, 0.3) is 0 Å². The molecule has 0 spiro atoms. The van der Waals surface area contributed by atoms with Crippen LogP contribution in [0.3, 0.4) is 0 Å². The van der Waals surface area contributed by atoms with Crippen molar-refractivity contribution >= 4 is 6.03 Å². The van der Waals surface area contributed by atoms with Crippen LogP contribution < -0.4 is 5.32 Å². The molecule has 2 aromatic rings. The first-order valence-corrected chi connectivity index (χ1v) is 8.86. The number of amides is 2. The van der Waals surface area contributed by atoms with Crippen LogP contribution >= 0.6 is 0 Å². The van der Waals surface area contributed by atoms with Crippen LogP contribution in [0, 0.1) is 5.92 Å². The number of carbonyl (C=O) groups is 1. The molecule has 3 atom stereocenters. The predicted molar refractivity (Wildman–Crippen MR) is 96.0 cm³/mol. The lowest BCUT2D eigenvalue weighted by atomic mass is 10.0. The Balaban J connectivity index is 1.65. The minimum atomic E-state index is -0.289. The number of rotatable bonds is 6. The summed E-state index contributed by atoms with van der Waals surface area (Å²) in [6, 6.07) is 9.63. The van der Waals surface area contributed by atoms with Gasteiger partial charge in [-0.1, -0.05) is 36.8 Å². The summed E-state index contributed by atoms with van der Waals surface area (Å²) in [6.07, 6.45) is 6.66. The van der Waals surface area contributed by atoms with E-state index >= 15 is 0 Å². The molecule has 1 aliphatic rings. The summed E-state index contributed by atoms with van der Waals surface area (Å²) in [5.41, 5.74) is 1.04. The SMILES string of the molecule is CN(C[C@@H]1CCC[C@@H]1O)C(=O)N[C@@H](Cc1ncc[nH]1)c1ccccc1. The van der Waals surface area contributed by atoms with Crippen molar-refractivity contribution in [3.05, 3.63) is 54.1 Å². The Morgan fingerprint density at radius 2 is 2.20 bits per heavy atom. The predicted octanol–water partition coefficient (Wildman–Crippen LogP) is 2.50. The fourth-order valence-electron chi connectivity index (χ4n) is 3.46. The number of benzene rings is 1. The summed E-state index contributed by atoms with van der Waals surface area (Å²) in [7, 11) is 1.79. The molecule has 1 fully saturated rings. The fourth-order valence-corrected chi connectivity index (χ4v) is 3.46. The van der Waals surface area contributed by atoms with E-state index < -0.39 is 0 Å². The van der Waals surface area contributed by atoms with Gasteiger partial charge in [-0.2, -0.15) is 0 Å². The van der Waals surface area contributed by atoms with E-state index in [0.29, 0.717) is 13.0 Å². The lowest BCUT2D eigenvalue weighted by molar-refractivity contribution is 0.113. The molecule has 6 nitrogen and oxygen atoms in total. The highest BCUT2D eigenvalue weighted by atomic mass is 16.3. The molecule has 25 heavy (non-hydrogen) atoms. The molecule has 0 radical (unpaired) electrons. The van der Waals surface area contributed by atoms with Gasteiger partial charge in [-0.3, -0.25) is 0 Å². The van der Waals surface area contributed by atoms with Crippen molar-refractivity contribution in [2.75, 3.05) is 13.6 Å². The van der Waals surface area contributed by atoms with E-state index in [9.17, 15) is 9.90 Å². The third-order valence-electron chi connectivity index (χ3n) is 4.93. The van der Waals surface area contributed by atoms with Gasteiger partial charge in [0.05, 0.1) is 12.1 Å². The number of imidazole rings is 1. The summed E-state index contributed by atoms with van der Waals surface area (Å²) in [5.74, 6) is 1.01. The van der Waals surface area contributed by atoms with E-state index in [-0.39, 0.29) is 24.1 Å². The van der Waals surface area contributed by atoms with E-state index in [4.69, 9.17) is 0 Å². The highest BCUT2D eigenvalue weighted by Gasteiger charge is 2.28. The topological polar surface area (TPSA) is 81.2 Å². The number of carbonyl (C=O) groups excluding carboxylic acids is 1. The average Bonchev–Trinajstić information content (AvgIpc) is 3.27. The van der Waals surface area contributed by atoms with Gasteiger partial charge in [0.2, 0.25) is 0 Å². The second-order valence-corrected chi connectivity index (χ2v) is 6.79. The maximum atomic E-state index is 12.7. The van der Waals surface area contributed by atoms with E-state index in [1.165, 1.54) is 0 Å². The molecule has 1 saturated carbocycles. The van der Waals surface area contributed by atoms with Crippen LogP contribution in [0.5, 0.6) is 0 Å². The summed E-state index contributed by atoms with van der Waals surface area (Å²) in [6.45, 7) is 0.579. The number of aromatic amines is 1. The van der Waals surface area contributed by atoms with Crippen LogP contribution in [0.1, 0.15) is 36.7 Å². The number of aliphatic hydroxyl groups excluding tert-OH is 1. The molecule has 0 saturated heterocycles. The zero-order chi connectivity index (χ0) is 17.6. The lowest BCUT2D eigenvalue weighted by Crippen LogP contribution is -2.43. The molecule has 1 aromatic heterocycles. The molecular formula is C19H26N4O2. The Morgan fingerprint density at radius 1 is 1.40 bits per heavy atom. The Hall–Kier alpha value is -2.34. The van der Waals surface area contributed by atoms with E-state index in [0.717, 1.165) is 30.7 Å². The van der Waals surface area contributed by atoms with Crippen molar-refractivity contribution < 1.29 is 9.90 Å². The van der Waals surface area contributed by atoms with Gasteiger partial charge in [-0.05, 0) is 18.4 Å². The van der Waals surface area contributed by atoms with Crippen LogP contribution in [0.4, 0.5) is 4.79 Å². The number of urea groups is 1. The third-order valence-corrected chi connectivity index (χ3v) is 4.93. The fraction of sp³-hybridized carbons (Fsp3) is 0.474. The summed E-state index contributed by atoms with van der Waals surface area (Å²) in [4.78, 5) is 21.7. The molecule has 0 aliphatic heterocycles. The van der Waals surface area contributed by atoms with Crippen molar-refractivity contribution in [3.8, 4) is 0 Å². The van der Waals surface area contributed by atoms with Crippen molar-refractivity contribution in [3.63, 3.8) is 0 Å². The largest absolute Gasteiger partial charge is 0.393 e. The number of hydrogen-bond acceptors (Lipinski definition) is 3. The van der Waals surface area contributed by atoms with E-state index in [1.54, 1.807) is 24.3 Å². The molecule has 0 bridgehead atoms. The van der Waals surface area contributed by atoms with Gasteiger partial charge in [0.15, 0.2) is 0 Å². The van der Waals surface area contributed by atoms with E-state index in [2.05, 4.69) is 15.3 Å². The standard InChI is InChI=1S/C19H26N4O2/c1-23(13-15-8-5-9-17(15)24)19(25)22-16(12-18-20-10-11-21-18)14-6-3-2-4-7-14/h2-4,6-7,10-11,15-17,24H,5,8-9,12-13H2,1H3,(H,20,21)(H,22,25)/t15-,16-,17-/m0/s1. The van der Waals surface area contributed by atoms with Gasteiger partial charge in [-0.15, -0.1) is 0 Å². The average molecular weight is 342 g/mol. The second-order valence-electron chi connectivity index (χ2n) is 6.79. The Labute approximate surface area is 148 Å². The zero-order valence-electron chi connectivity index (χ0n) is 14.6. The number of nitrogens with zero attached hydrogens (tertiary/aromatic N) is 2. The third kappa shape index (κ3) is 4.60. The van der Waals surface area contributed by atoms with Crippen molar-refractivity contribution in [2.45, 2.75) is 37.8 Å². The van der Waals surface area contributed by atoms with Crippen molar-refractivity contribution in [1.82, 2.24) is 20.2 Å². The number of hydrogen-bond donors (Lipinski definition) is 3. The first-order valence-electron chi connectivity index (χ1n) is 8.86. The number of H-pyrrole nitrogens is 1. The molecule has 3 rings (SSSR count). The molecule has 1 aliphatic carbocycles. The molecule has 6 heteroatoms. The normalized spacial score (nSPS) is 21.0. The van der Waals surface area contributed by atoms with Crippen molar-refractivity contribution in [2.24, 2.45) is 5.92 Å². The van der Waals surface area contributed by atoms with Crippen LogP contribution in [-0.2, 0) is 6.42 Å². The van der Waals surface area contributed by atoms with Gasteiger partial charge in [0.1, 0.15) is 5.82 Å². The number of aromatic nitrogens is 2. The Kier molecular flexibility index (Phi) is 5.71. The first-order chi connectivity index (χ1) is 12.1. The maximum absolute atomic E-state index is 12.7. The second kappa shape index (κ2) is 8.16. The van der Waals surface area contributed by atoms with Crippen LogP contribution in [0.25, 0.3) is 0 Å². The highest BCUT2D eigenvalue weighted by Crippen LogP contribution is 2.26. The van der Waals surface area contributed by atoms with Gasteiger partial charge in [-0.25, -0.2) is 9.78 Å². The minimum Gasteiger partial charge on any atom is -0.393 e. The molecule has 1 aromatic carbocycles. The van der Waals surface area contributed by atoms with Gasteiger partial charge >= 0.3 is 6.03 Å². The Bertz CT molecular complexity index is 659. The van der Waals surface area contributed by atoms with Gasteiger partial charge < -0.3 is 20.3 Å². The molecule has 134 valence electrons. The molecular weight excluding hydrogens is 316 g/mol. The van der Waals surface area contributed by atoms with Gasteiger partial charge in [0, 0.05) is 38.3 Å². The smallest absolute Gasteiger partial charge is 0.317 e. The number of aliphatic hydroxyl groups is 1. The maximum Gasteiger partial charge on any atom is 0.317 e. The van der Waals surface area contributed by atoms with Crippen LogP contribution in [-0.4, -0.2) is 45.7 Å². The lowest BCUT2D eigenvalue weighted by Gasteiger charge is -2.26. The van der Waals surface area contributed by atoms with Crippen molar-refractivity contribution in [1.29, 1.82) is 0 Å². The molecule has 0 unspecified atom stereocenters. The summed E-state index contributed by atoms with van der Waals surface area (Å²) < 4.78 is 0. The minimum absolute atomic E-state index is 0.125. The quantitative estimate of drug-likeness (QED) is 0.754. The molecule has 1 heterocycles. The van der Waals surface area contributed by atoms with E-state index in [1.807, 2.05) is 30.3 Å². The highest BCUT2D eigenvalue weighted by molar-refractivity contribution is 5.74. The van der Waals surface area contributed by atoms with Crippen LogP contribution in [0.15, 0.2) is 42.7 Å². The van der Waals surface area contributed by atoms with Crippen LogP contribution in [0.2, 0.25) is 0 Å².